The number of carboxylic acids is 1. The van der Waals surface area contributed by atoms with E-state index in [2.05, 4.69) is 62.1 Å². The van der Waals surface area contributed by atoms with Crippen molar-refractivity contribution in [1.82, 2.24) is 14.8 Å². The molecule has 0 bridgehead atoms. The third-order valence-electron chi connectivity index (χ3n) is 7.03. The third-order valence-corrected chi connectivity index (χ3v) is 7.03. The van der Waals surface area contributed by atoms with Crippen LogP contribution in [0.4, 0.5) is 0 Å². The van der Waals surface area contributed by atoms with E-state index in [4.69, 9.17) is 5.11 Å². The summed E-state index contributed by atoms with van der Waals surface area (Å²) in [5.74, 6) is -0.903. The first kappa shape index (κ1) is 23.0. The second kappa shape index (κ2) is 8.97. The summed E-state index contributed by atoms with van der Waals surface area (Å²) in [5.41, 5.74) is 7.11. The number of fused-ring (bicyclic) bond motifs is 1. The van der Waals surface area contributed by atoms with Gasteiger partial charge in [0.2, 0.25) is 0 Å². The second-order valence-electron chi connectivity index (χ2n) is 10.4. The number of aromatic nitrogens is 3. The van der Waals surface area contributed by atoms with Crippen molar-refractivity contribution in [1.29, 1.82) is 0 Å². The maximum Gasteiger partial charge on any atom is 0.335 e. The number of hydrogen-bond acceptors (Lipinski definition) is 3. The first-order chi connectivity index (χ1) is 15.7. The van der Waals surface area contributed by atoms with Crippen molar-refractivity contribution >= 4 is 18.1 Å². The summed E-state index contributed by atoms with van der Waals surface area (Å²) in [6.45, 7) is 10.3. The van der Waals surface area contributed by atoms with E-state index in [0.717, 1.165) is 24.9 Å². The molecule has 0 spiro atoms. The molecule has 0 atom stereocenters. The zero-order chi connectivity index (χ0) is 23.6. The predicted octanol–water partition coefficient (Wildman–Crippen LogP) is 6.13. The lowest BCUT2D eigenvalue weighted by atomic mass is 9.62. The second-order valence-corrected chi connectivity index (χ2v) is 10.4. The van der Waals surface area contributed by atoms with Gasteiger partial charge in [0, 0.05) is 6.54 Å². The van der Waals surface area contributed by atoms with Crippen LogP contribution in [0.25, 0.3) is 12.2 Å². The molecule has 5 heteroatoms. The van der Waals surface area contributed by atoms with Gasteiger partial charge < -0.3 is 5.11 Å². The average Bonchev–Trinajstić information content (AvgIpc) is 3.29. The molecule has 3 aromatic rings. The highest BCUT2D eigenvalue weighted by molar-refractivity contribution is 5.88. The van der Waals surface area contributed by atoms with Gasteiger partial charge in [-0.3, -0.25) is 4.68 Å². The molecule has 5 nitrogen and oxygen atoms in total. The molecule has 1 aliphatic carbocycles. The first-order valence-electron chi connectivity index (χ1n) is 11.7. The molecular formula is C28H33N3O2. The molecule has 4 rings (SSSR count). The quantitative estimate of drug-likeness (QED) is 0.446. The third kappa shape index (κ3) is 5.08. The lowest BCUT2D eigenvalue weighted by Crippen LogP contribution is -2.34. The maximum absolute atomic E-state index is 11.1. The van der Waals surface area contributed by atoms with Crippen molar-refractivity contribution in [3.05, 3.63) is 82.4 Å². The Bertz CT molecular complexity index is 1160. The Labute approximate surface area is 196 Å². The molecule has 1 heterocycles. The van der Waals surface area contributed by atoms with Crippen molar-refractivity contribution in [2.45, 2.75) is 70.8 Å². The van der Waals surface area contributed by atoms with Crippen LogP contribution in [0.15, 0.2) is 49.1 Å². The zero-order valence-corrected chi connectivity index (χ0v) is 20.0. The summed E-state index contributed by atoms with van der Waals surface area (Å²) in [5, 5.41) is 13.4. The van der Waals surface area contributed by atoms with Crippen LogP contribution in [0, 0.1) is 0 Å². The van der Waals surface area contributed by atoms with E-state index in [0.29, 0.717) is 5.56 Å². The fourth-order valence-electron chi connectivity index (χ4n) is 4.75. The van der Waals surface area contributed by atoms with Crippen molar-refractivity contribution in [2.24, 2.45) is 0 Å². The number of benzene rings is 2. The van der Waals surface area contributed by atoms with Gasteiger partial charge in [-0.1, -0.05) is 64.1 Å². The predicted molar refractivity (Wildman–Crippen MR) is 132 cm³/mol. The number of aromatic carboxylic acids is 1. The van der Waals surface area contributed by atoms with Crippen molar-refractivity contribution in [2.75, 3.05) is 0 Å². The van der Waals surface area contributed by atoms with Gasteiger partial charge >= 0.3 is 5.97 Å². The topological polar surface area (TPSA) is 68.0 Å². The Balaban J connectivity index is 1.68. The van der Waals surface area contributed by atoms with E-state index in [9.17, 15) is 4.79 Å². The van der Waals surface area contributed by atoms with E-state index < -0.39 is 5.97 Å². The number of carbonyl (C=O) groups is 1. The van der Waals surface area contributed by atoms with Crippen LogP contribution in [0.1, 0.15) is 85.1 Å². The van der Waals surface area contributed by atoms with Gasteiger partial charge in [-0.15, -0.1) is 0 Å². The molecule has 33 heavy (non-hydrogen) atoms. The molecule has 1 aliphatic rings. The number of nitrogens with zero attached hydrogens (tertiary/aromatic N) is 3. The van der Waals surface area contributed by atoms with E-state index in [-0.39, 0.29) is 10.8 Å². The highest BCUT2D eigenvalue weighted by Crippen LogP contribution is 2.46. The highest BCUT2D eigenvalue weighted by atomic mass is 16.4. The molecule has 0 fully saturated rings. The number of carboxylic acid groups (broad SMARTS) is 1. The normalized spacial score (nSPS) is 16.6. The van der Waals surface area contributed by atoms with Crippen molar-refractivity contribution < 1.29 is 9.90 Å². The fourth-order valence-corrected chi connectivity index (χ4v) is 4.75. The highest BCUT2D eigenvalue weighted by Gasteiger charge is 2.37. The number of aryl methyl sites for hydroxylation is 2. The Morgan fingerprint density at radius 3 is 2.30 bits per heavy atom. The molecule has 172 valence electrons. The smallest absolute Gasteiger partial charge is 0.335 e. The van der Waals surface area contributed by atoms with Crippen LogP contribution in [-0.4, -0.2) is 25.8 Å². The largest absolute Gasteiger partial charge is 0.478 e. The molecule has 0 amide bonds. The summed E-state index contributed by atoms with van der Waals surface area (Å²) in [6.07, 6.45) is 11.9. The Morgan fingerprint density at radius 2 is 1.70 bits per heavy atom. The number of rotatable bonds is 7. The van der Waals surface area contributed by atoms with Gasteiger partial charge in [0.15, 0.2) is 0 Å². The van der Waals surface area contributed by atoms with Crippen LogP contribution in [-0.2, 0) is 23.8 Å². The summed E-state index contributed by atoms with van der Waals surface area (Å²) in [7, 11) is 0. The van der Waals surface area contributed by atoms with Crippen LogP contribution in [0.5, 0.6) is 0 Å². The molecule has 0 saturated carbocycles. The van der Waals surface area contributed by atoms with Gasteiger partial charge in [0.25, 0.3) is 0 Å². The maximum atomic E-state index is 11.1. The monoisotopic (exact) mass is 443 g/mol. The number of hydrogen-bond donors (Lipinski definition) is 1. The Kier molecular flexibility index (Phi) is 6.24. The van der Waals surface area contributed by atoms with Gasteiger partial charge in [0.05, 0.1) is 5.56 Å². The summed E-state index contributed by atoms with van der Waals surface area (Å²) in [4.78, 5) is 15.2. The van der Waals surface area contributed by atoms with Gasteiger partial charge in [0.1, 0.15) is 12.7 Å². The molecule has 0 unspecified atom stereocenters. The van der Waals surface area contributed by atoms with E-state index in [1.54, 1.807) is 24.8 Å². The van der Waals surface area contributed by atoms with Crippen molar-refractivity contribution in [3.63, 3.8) is 0 Å². The summed E-state index contributed by atoms with van der Waals surface area (Å²) in [6, 6.07) is 11.8. The Morgan fingerprint density at radius 1 is 1.03 bits per heavy atom. The molecule has 1 N–H and O–H groups in total. The molecular weight excluding hydrogens is 410 g/mol. The molecule has 2 aromatic carbocycles. The van der Waals surface area contributed by atoms with Crippen LogP contribution >= 0.6 is 0 Å². The van der Waals surface area contributed by atoms with Crippen molar-refractivity contribution in [3.8, 4) is 0 Å². The average molecular weight is 444 g/mol. The van der Waals surface area contributed by atoms with Gasteiger partial charge in [-0.2, -0.15) is 5.10 Å². The van der Waals surface area contributed by atoms with Gasteiger partial charge in [-0.25, -0.2) is 9.78 Å². The minimum Gasteiger partial charge on any atom is -0.478 e. The molecule has 1 aromatic heterocycles. The lowest BCUT2D eigenvalue weighted by Gasteiger charge is -2.42. The van der Waals surface area contributed by atoms with Crippen LogP contribution < -0.4 is 0 Å². The fraction of sp³-hybridized carbons (Fsp3) is 0.393. The molecule has 0 radical (unpaired) electrons. The SMILES string of the molecule is CC1(C)CCC(C)(C)c2cc(CCCn3cncn3)c(/C=C/c3ccc(C(=O)O)cc3)cc21. The summed E-state index contributed by atoms with van der Waals surface area (Å²) < 4.78 is 1.88. The zero-order valence-electron chi connectivity index (χ0n) is 20.0. The minimum atomic E-state index is -0.903. The standard InChI is InChI=1S/C28H33N3O2/c1-27(2)13-14-28(3,4)25-17-23(12-9-20-7-10-21(11-8-20)26(32)33)22(16-24(25)27)6-5-15-31-19-29-18-30-31/h7-12,16-19H,5-6,13-15H2,1-4H3,(H,32,33)/b12-9+. The Hall–Kier alpha value is -3.21. The lowest BCUT2D eigenvalue weighted by molar-refractivity contribution is 0.0697. The first-order valence-corrected chi connectivity index (χ1v) is 11.7. The van der Waals surface area contributed by atoms with Gasteiger partial charge in [-0.05, 0) is 76.5 Å². The van der Waals surface area contributed by atoms with Crippen LogP contribution in [0.3, 0.4) is 0 Å². The van der Waals surface area contributed by atoms with E-state index >= 15 is 0 Å². The van der Waals surface area contributed by atoms with E-state index in [1.807, 2.05) is 16.8 Å². The molecule has 0 saturated heterocycles. The minimum absolute atomic E-state index is 0.149. The summed E-state index contributed by atoms with van der Waals surface area (Å²) >= 11 is 0. The van der Waals surface area contributed by atoms with E-state index in [1.165, 1.54) is 35.1 Å². The molecule has 0 aliphatic heterocycles. The van der Waals surface area contributed by atoms with Crippen LogP contribution in [0.2, 0.25) is 0 Å².